The Morgan fingerprint density at radius 1 is 1.00 bits per heavy atom. The van der Waals surface area contributed by atoms with Crippen LogP contribution in [0.5, 0.6) is 0 Å². The largest absolute Gasteiger partial charge is 0.360 e. The molecule has 1 atom stereocenters. The van der Waals surface area contributed by atoms with Gasteiger partial charge >= 0.3 is 0 Å². The Morgan fingerprint density at radius 2 is 1.62 bits per heavy atom. The molecular weight excluding hydrogens is 360 g/mol. The van der Waals surface area contributed by atoms with Gasteiger partial charge in [0.2, 0.25) is 0 Å². The zero-order chi connectivity index (χ0) is 20.6. The average molecular weight is 397 g/mol. The van der Waals surface area contributed by atoms with Gasteiger partial charge in [-0.25, -0.2) is 0 Å². The van der Waals surface area contributed by atoms with Crippen LogP contribution in [-0.2, 0) is 17.8 Å². The molecule has 1 saturated heterocycles. The number of nitrogens with zero attached hydrogens (tertiary/aromatic N) is 1. The Bertz CT molecular complexity index is 764. The van der Waals surface area contributed by atoms with Crippen molar-refractivity contribution < 1.29 is 14.6 Å². The SMILES string of the molecule is CCc1ccc(C[NH+](C)CC(=O)Nc2ccc(N3CC[NH+](CC)CC3)cc2)cc1. The number of hydrogen-bond donors (Lipinski definition) is 3. The van der Waals surface area contributed by atoms with Gasteiger partial charge in [0.25, 0.3) is 5.91 Å². The summed E-state index contributed by atoms with van der Waals surface area (Å²) in [6.07, 6.45) is 1.06. The minimum absolute atomic E-state index is 0.0561. The van der Waals surface area contributed by atoms with Gasteiger partial charge in [-0.3, -0.25) is 4.79 Å². The molecule has 0 radical (unpaired) electrons. The maximum Gasteiger partial charge on any atom is 0.279 e. The number of hydrogen-bond acceptors (Lipinski definition) is 2. The van der Waals surface area contributed by atoms with Crippen molar-refractivity contribution in [1.29, 1.82) is 0 Å². The van der Waals surface area contributed by atoms with Crippen LogP contribution in [0.2, 0.25) is 0 Å². The second kappa shape index (κ2) is 10.4. The number of carbonyl (C=O) groups is 1. The molecule has 0 aliphatic carbocycles. The molecule has 1 heterocycles. The number of carbonyl (C=O) groups excluding carboxylic acids is 1. The Balaban J connectivity index is 1.46. The lowest BCUT2D eigenvalue weighted by atomic mass is 10.1. The highest BCUT2D eigenvalue weighted by molar-refractivity contribution is 5.91. The molecule has 5 nitrogen and oxygen atoms in total. The molecule has 2 aromatic carbocycles. The summed E-state index contributed by atoms with van der Waals surface area (Å²) in [6, 6.07) is 17.0. The smallest absolute Gasteiger partial charge is 0.279 e. The molecule has 1 aliphatic rings. The summed E-state index contributed by atoms with van der Waals surface area (Å²) in [6.45, 7) is 11.5. The van der Waals surface area contributed by atoms with E-state index in [4.69, 9.17) is 0 Å². The van der Waals surface area contributed by atoms with Gasteiger partial charge < -0.3 is 20.0 Å². The molecule has 1 aliphatic heterocycles. The van der Waals surface area contributed by atoms with Crippen molar-refractivity contribution in [2.45, 2.75) is 26.8 Å². The highest BCUT2D eigenvalue weighted by Crippen LogP contribution is 2.17. The molecule has 3 rings (SSSR count). The Labute approximate surface area is 175 Å². The first-order valence-electron chi connectivity index (χ1n) is 10.9. The van der Waals surface area contributed by atoms with E-state index >= 15 is 0 Å². The Hall–Kier alpha value is -2.37. The number of rotatable bonds is 8. The van der Waals surface area contributed by atoms with Gasteiger partial charge in [-0.1, -0.05) is 31.2 Å². The van der Waals surface area contributed by atoms with Gasteiger partial charge in [-0.2, -0.15) is 0 Å². The number of benzene rings is 2. The Kier molecular flexibility index (Phi) is 7.67. The number of quaternary nitrogens is 2. The molecular formula is C24H36N4O+2. The van der Waals surface area contributed by atoms with Crippen molar-refractivity contribution in [1.82, 2.24) is 0 Å². The van der Waals surface area contributed by atoms with Crippen molar-refractivity contribution in [2.24, 2.45) is 0 Å². The van der Waals surface area contributed by atoms with Gasteiger partial charge in [0.05, 0.1) is 39.8 Å². The van der Waals surface area contributed by atoms with Crippen molar-refractivity contribution in [3.8, 4) is 0 Å². The van der Waals surface area contributed by atoms with Crippen LogP contribution in [0.25, 0.3) is 0 Å². The molecule has 29 heavy (non-hydrogen) atoms. The minimum Gasteiger partial charge on any atom is -0.360 e. The van der Waals surface area contributed by atoms with E-state index in [-0.39, 0.29) is 5.91 Å². The van der Waals surface area contributed by atoms with Gasteiger partial charge in [0, 0.05) is 16.9 Å². The minimum atomic E-state index is 0.0561. The zero-order valence-electron chi connectivity index (χ0n) is 18.1. The van der Waals surface area contributed by atoms with E-state index in [1.54, 1.807) is 4.90 Å². The summed E-state index contributed by atoms with van der Waals surface area (Å²) in [5, 5.41) is 3.04. The number of nitrogens with one attached hydrogen (secondary N) is 3. The van der Waals surface area contributed by atoms with Crippen molar-refractivity contribution in [3.05, 3.63) is 59.7 Å². The predicted octanol–water partition coefficient (Wildman–Crippen LogP) is 0.627. The van der Waals surface area contributed by atoms with E-state index in [9.17, 15) is 4.79 Å². The number of aryl methyl sites for hydroxylation is 1. The molecule has 0 spiro atoms. The summed E-state index contributed by atoms with van der Waals surface area (Å²) >= 11 is 0. The quantitative estimate of drug-likeness (QED) is 0.613. The highest BCUT2D eigenvalue weighted by Gasteiger charge is 2.18. The van der Waals surface area contributed by atoms with Crippen LogP contribution in [0.1, 0.15) is 25.0 Å². The third-order valence-electron chi connectivity index (χ3n) is 5.89. The molecule has 3 N–H and O–H groups in total. The maximum atomic E-state index is 12.4. The lowest BCUT2D eigenvalue weighted by Gasteiger charge is -2.33. The normalized spacial score (nSPS) is 15.9. The molecule has 0 saturated carbocycles. The standard InChI is InChI=1S/C24H34N4O/c1-4-20-6-8-21(9-7-20)18-26(3)19-24(29)25-22-10-12-23(13-11-22)28-16-14-27(5-2)15-17-28/h6-13H,4-5,14-19H2,1-3H3,(H,25,29)/p+2. The maximum absolute atomic E-state index is 12.4. The van der Waals surface area contributed by atoms with Crippen LogP contribution < -0.4 is 20.0 Å². The number of anilines is 2. The third-order valence-corrected chi connectivity index (χ3v) is 5.89. The lowest BCUT2D eigenvalue weighted by Crippen LogP contribution is -3.14. The van der Waals surface area contributed by atoms with Crippen LogP contribution >= 0.6 is 0 Å². The fourth-order valence-corrected chi connectivity index (χ4v) is 3.97. The molecule has 156 valence electrons. The van der Waals surface area contributed by atoms with Gasteiger partial charge in [0.15, 0.2) is 6.54 Å². The van der Waals surface area contributed by atoms with Crippen molar-refractivity contribution >= 4 is 17.3 Å². The van der Waals surface area contributed by atoms with Gasteiger partial charge in [0.1, 0.15) is 6.54 Å². The predicted molar refractivity (Wildman–Crippen MR) is 120 cm³/mol. The fraction of sp³-hybridized carbons (Fsp3) is 0.458. The average Bonchev–Trinajstić information content (AvgIpc) is 2.74. The third kappa shape index (κ3) is 6.31. The Morgan fingerprint density at radius 3 is 2.21 bits per heavy atom. The van der Waals surface area contributed by atoms with E-state index in [2.05, 4.69) is 67.5 Å². The second-order valence-corrected chi connectivity index (χ2v) is 8.17. The first kappa shape index (κ1) is 21.3. The van der Waals surface area contributed by atoms with E-state index in [0.717, 1.165) is 31.7 Å². The summed E-state index contributed by atoms with van der Waals surface area (Å²) in [4.78, 5) is 17.7. The lowest BCUT2D eigenvalue weighted by molar-refractivity contribution is -0.898. The first-order valence-corrected chi connectivity index (χ1v) is 10.9. The molecule has 2 aromatic rings. The molecule has 1 fully saturated rings. The monoisotopic (exact) mass is 396 g/mol. The zero-order valence-corrected chi connectivity index (χ0v) is 18.1. The van der Waals surface area contributed by atoms with E-state index in [0.29, 0.717) is 6.54 Å². The molecule has 1 unspecified atom stereocenters. The molecule has 1 amide bonds. The molecule has 5 heteroatoms. The second-order valence-electron chi connectivity index (χ2n) is 8.17. The van der Waals surface area contributed by atoms with Gasteiger partial charge in [-0.15, -0.1) is 0 Å². The van der Waals surface area contributed by atoms with Crippen LogP contribution in [0.3, 0.4) is 0 Å². The van der Waals surface area contributed by atoms with Crippen LogP contribution in [0, 0.1) is 0 Å². The number of likely N-dealkylation sites (N-methyl/N-ethyl adjacent to an activating group) is 2. The van der Waals surface area contributed by atoms with E-state index < -0.39 is 0 Å². The topological polar surface area (TPSA) is 41.2 Å². The van der Waals surface area contributed by atoms with Crippen LogP contribution in [0.4, 0.5) is 11.4 Å². The summed E-state index contributed by atoms with van der Waals surface area (Å²) < 4.78 is 0. The summed E-state index contributed by atoms with van der Waals surface area (Å²) in [5.41, 5.74) is 4.73. The van der Waals surface area contributed by atoms with Crippen molar-refractivity contribution in [3.63, 3.8) is 0 Å². The van der Waals surface area contributed by atoms with E-state index in [1.165, 1.54) is 41.3 Å². The summed E-state index contributed by atoms with van der Waals surface area (Å²) in [5.74, 6) is 0.0561. The van der Waals surface area contributed by atoms with E-state index in [1.807, 2.05) is 12.1 Å². The van der Waals surface area contributed by atoms with Crippen molar-refractivity contribution in [2.75, 3.05) is 56.5 Å². The number of piperazine rings is 1. The highest BCUT2D eigenvalue weighted by atomic mass is 16.2. The summed E-state index contributed by atoms with van der Waals surface area (Å²) in [7, 11) is 2.06. The first-order chi connectivity index (χ1) is 14.1. The number of amides is 1. The molecule has 0 aromatic heterocycles. The van der Waals surface area contributed by atoms with Gasteiger partial charge in [-0.05, 0) is 43.2 Å². The van der Waals surface area contributed by atoms with Crippen LogP contribution in [-0.4, -0.2) is 52.2 Å². The van der Waals surface area contributed by atoms with Crippen LogP contribution in [0.15, 0.2) is 48.5 Å². The molecule has 0 bridgehead atoms. The fourth-order valence-electron chi connectivity index (χ4n) is 3.97.